The summed E-state index contributed by atoms with van der Waals surface area (Å²) in [5.74, 6) is 1.54. The smallest absolute Gasteiger partial charge is 0.162 e. The molecule has 0 bridgehead atoms. The van der Waals surface area contributed by atoms with Gasteiger partial charge in [0.05, 0.1) is 12.3 Å². The van der Waals surface area contributed by atoms with Crippen molar-refractivity contribution in [2.45, 2.75) is 6.42 Å². The Kier molecular flexibility index (Phi) is 4.97. The van der Waals surface area contributed by atoms with Gasteiger partial charge in [-0.3, -0.25) is 0 Å². The lowest BCUT2D eigenvalue weighted by Gasteiger charge is -2.22. The van der Waals surface area contributed by atoms with Gasteiger partial charge in [0.15, 0.2) is 5.82 Å². The Morgan fingerprint density at radius 1 is 1.15 bits per heavy atom. The van der Waals surface area contributed by atoms with E-state index in [1.165, 1.54) is 0 Å². The van der Waals surface area contributed by atoms with E-state index in [0.717, 1.165) is 46.9 Å². The molecule has 2 N–H and O–H groups in total. The maximum atomic E-state index is 9.42. The van der Waals surface area contributed by atoms with Crippen LogP contribution in [0.3, 0.4) is 0 Å². The monoisotopic (exact) mass is 380 g/mol. The van der Waals surface area contributed by atoms with Crippen molar-refractivity contribution in [1.29, 1.82) is 0 Å². The number of aliphatic hydroxyl groups is 1. The van der Waals surface area contributed by atoms with E-state index in [0.29, 0.717) is 17.4 Å². The Bertz CT molecular complexity index is 962. The third kappa shape index (κ3) is 3.48. The molecule has 2 heterocycles. The number of aliphatic hydroxyl groups excluding tert-OH is 1. The molecule has 0 unspecified atom stereocenters. The fraction of sp³-hybridized carbons (Fsp3) is 0.238. The van der Waals surface area contributed by atoms with Gasteiger partial charge in [-0.1, -0.05) is 41.9 Å². The SMILES string of the molecule is CN(CCO)c1nc(-c2ccccc2)nc2c1CCNc1cc(Cl)ccc1-2. The summed E-state index contributed by atoms with van der Waals surface area (Å²) in [5.41, 5.74) is 4.96. The number of likely N-dealkylation sites (N-methyl/N-ethyl adjacent to an activating group) is 1. The quantitative estimate of drug-likeness (QED) is 0.719. The normalized spacial score (nSPS) is 12.6. The van der Waals surface area contributed by atoms with Crippen LogP contribution < -0.4 is 10.2 Å². The summed E-state index contributed by atoms with van der Waals surface area (Å²) in [6.07, 6.45) is 0.793. The molecule has 0 radical (unpaired) electrons. The topological polar surface area (TPSA) is 61.3 Å². The molecule has 0 saturated heterocycles. The molecule has 138 valence electrons. The maximum Gasteiger partial charge on any atom is 0.162 e. The summed E-state index contributed by atoms with van der Waals surface area (Å²) >= 11 is 6.20. The van der Waals surface area contributed by atoms with Crippen LogP contribution in [-0.4, -0.2) is 41.8 Å². The van der Waals surface area contributed by atoms with E-state index in [-0.39, 0.29) is 6.61 Å². The van der Waals surface area contributed by atoms with Crippen molar-refractivity contribution in [3.8, 4) is 22.6 Å². The highest BCUT2D eigenvalue weighted by atomic mass is 35.5. The van der Waals surface area contributed by atoms with Crippen LogP contribution in [0, 0.1) is 0 Å². The molecule has 1 aliphatic heterocycles. The second-order valence-electron chi connectivity index (χ2n) is 6.58. The Labute approximate surface area is 163 Å². The number of anilines is 2. The zero-order chi connectivity index (χ0) is 18.8. The second-order valence-corrected chi connectivity index (χ2v) is 7.01. The molecule has 0 aliphatic carbocycles. The fourth-order valence-corrected chi connectivity index (χ4v) is 3.58. The Morgan fingerprint density at radius 2 is 1.96 bits per heavy atom. The molecule has 5 nitrogen and oxygen atoms in total. The molecule has 2 aromatic carbocycles. The predicted molar refractivity (Wildman–Crippen MR) is 110 cm³/mol. The number of halogens is 1. The van der Waals surface area contributed by atoms with Crippen LogP contribution in [0.5, 0.6) is 0 Å². The Balaban J connectivity index is 1.96. The van der Waals surface area contributed by atoms with Gasteiger partial charge in [0.25, 0.3) is 0 Å². The Morgan fingerprint density at radius 3 is 2.74 bits per heavy atom. The minimum Gasteiger partial charge on any atom is -0.395 e. The predicted octanol–water partition coefficient (Wildman–Crippen LogP) is 3.86. The molecule has 0 saturated carbocycles. The number of rotatable bonds is 4. The van der Waals surface area contributed by atoms with Gasteiger partial charge >= 0.3 is 0 Å². The summed E-state index contributed by atoms with van der Waals surface area (Å²) in [5, 5.41) is 13.6. The number of nitrogens with zero attached hydrogens (tertiary/aromatic N) is 3. The number of aromatic nitrogens is 2. The molecular weight excluding hydrogens is 360 g/mol. The van der Waals surface area contributed by atoms with Gasteiger partial charge in [0.2, 0.25) is 0 Å². The van der Waals surface area contributed by atoms with Crippen molar-refractivity contribution in [1.82, 2.24) is 9.97 Å². The zero-order valence-electron chi connectivity index (χ0n) is 15.1. The molecule has 27 heavy (non-hydrogen) atoms. The number of fused-ring (bicyclic) bond motifs is 3. The van der Waals surface area contributed by atoms with E-state index >= 15 is 0 Å². The van der Waals surface area contributed by atoms with Gasteiger partial charge in [0.1, 0.15) is 5.82 Å². The van der Waals surface area contributed by atoms with Crippen molar-refractivity contribution in [2.24, 2.45) is 0 Å². The molecule has 1 aliphatic rings. The number of hydrogen-bond acceptors (Lipinski definition) is 5. The fourth-order valence-electron chi connectivity index (χ4n) is 3.40. The summed E-state index contributed by atoms with van der Waals surface area (Å²) in [6.45, 7) is 1.35. The maximum absolute atomic E-state index is 9.42. The van der Waals surface area contributed by atoms with Crippen molar-refractivity contribution in [3.05, 3.63) is 59.1 Å². The first-order chi connectivity index (χ1) is 13.2. The molecule has 0 fully saturated rings. The van der Waals surface area contributed by atoms with Crippen LogP contribution in [0.1, 0.15) is 5.56 Å². The first kappa shape index (κ1) is 17.8. The molecule has 0 amide bonds. The van der Waals surface area contributed by atoms with E-state index in [2.05, 4.69) is 5.32 Å². The van der Waals surface area contributed by atoms with Crippen molar-refractivity contribution >= 4 is 23.1 Å². The highest BCUT2D eigenvalue weighted by Gasteiger charge is 2.23. The summed E-state index contributed by atoms with van der Waals surface area (Å²) < 4.78 is 0. The molecule has 4 rings (SSSR count). The molecule has 6 heteroatoms. The summed E-state index contributed by atoms with van der Waals surface area (Å²) in [7, 11) is 1.95. The third-order valence-corrected chi connectivity index (χ3v) is 4.98. The van der Waals surface area contributed by atoms with Crippen LogP contribution in [0.4, 0.5) is 11.5 Å². The largest absolute Gasteiger partial charge is 0.395 e. The minimum atomic E-state index is 0.0698. The average molecular weight is 381 g/mol. The lowest BCUT2D eigenvalue weighted by atomic mass is 10.0. The first-order valence-corrected chi connectivity index (χ1v) is 9.37. The van der Waals surface area contributed by atoms with E-state index in [1.807, 2.05) is 60.5 Å². The van der Waals surface area contributed by atoms with E-state index in [1.54, 1.807) is 0 Å². The number of benzene rings is 2. The van der Waals surface area contributed by atoms with Gasteiger partial charge in [-0.05, 0) is 24.6 Å². The standard InChI is InChI=1S/C21H21ClN4O/c1-26(11-12-27)21-17-9-10-23-18-13-15(22)7-8-16(18)19(17)24-20(25-21)14-5-3-2-4-6-14/h2-8,13,23,27H,9-12H2,1H3. The zero-order valence-corrected chi connectivity index (χ0v) is 15.9. The van der Waals surface area contributed by atoms with Crippen molar-refractivity contribution < 1.29 is 5.11 Å². The molecular formula is C21H21ClN4O. The van der Waals surface area contributed by atoms with E-state index in [9.17, 15) is 5.11 Å². The van der Waals surface area contributed by atoms with Gasteiger partial charge in [-0.2, -0.15) is 0 Å². The third-order valence-electron chi connectivity index (χ3n) is 4.74. The average Bonchev–Trinajstić information content (AvgIpc) is 2.86. The highest BCUT2D eigenvalue weighted by Crippen LogP contribution is 2.38. The number of nitrogens with one attached hydrogen (secondary N) is 1. The van der Waals surface area contributed by atoms with Gasteiger partial charge in [-0.15, -0.1) is 0 Å². The van der Waals surface area contributed by atoms with Crippen LogP contribution >= 0.6 is 11.6 Å². The van der Waals surface area contributed by atoms with Crippen LogP contribution in [0.15, 0.2) is 48.5 Å². The summed E-state index contributed by atoms with van der Waals surface area (Å²) in [4.78, 5) is 11.8. The molecule has 1 aromatic heterocycles. The van der Waals surface area contributed by atoms with Crippen molar-refractivity contribution in [2.75, 3.05) is 37.0 Å². The molecule has 0 spiro atoms. The van der Waals surface area contributed by atoms with Gasteiger partial charge in [0, 0.05) is 47.5 Å². The van der Waals surface area contributed by atoms with Crippen molar-refractivity contribution in [3.63, 3.8) is 0 Å². The molecule has 3 aromatic rings. The minimum absolute atomic E-state index is 0.0698. The first-order valence-electron chi connectivity index (χ1n) is 8.99. The summed E-state index contributed by atoms with van der Waals surface area (Å²) in [6, 6.07) is 15.8. The van der Waals surface area contributed by atoms with Crippen LogP contribution in [-0.2, 0) is 6.42 Å². The van der Waals surface area contributed by atoms with Gasteiger partial charge in [-0.25, -0.2) is 9.97 Å². The highest BCUT2D eigenvalue weighted by molar-refractivity contribution is 6.31. The number of hydrogen-bond donors (Lipinski definition) is 2. The molecule has 0 atom stereocenters. The second kappa shape index (κ2) is 7.55. The van der Waals surface area contributed by atoms with Crippen LogP contribution in [0.25, 0.3) is 22.6 Å². The lowest BCUT2D eigenvalue weighted by Crippen LogP contribution is -2.24. The van der Waals surface area contributed by atoms with E-state index < -0.39 is 0 Å². The van der Waals surface area contributed by atoms with E-state index in [4.69, 9.17) is 21.6 Å². The van der Waals surface area contributed by atoms with Crippen LogP contribution in [0.2, 0.25) is 5.02 Å². The lowest BCUT2D eigenvalue weighted by molar-refractivity contribution is 0.303. The van der Waals surface area contributed by atoms with Gasteiger partial charge < -0.3 is 15.3 Å². The Hall–Kier alpha value is -2.63.